The smallest absolute Gasteiger partial charge is 0.410 e. The third kappa shape index (κ3) is 3.72. The molecule has 1 atom stereocenters. The normalized spacial score (nSPS) is 18.0. The summed E-state index contributed by atoms with van der Waals surface area (Å²) in [6.07, 6.45) is 1.45. The van der Waals surface area contributed by atoms with Crippen LogP contribution in [0, 0.1) is 0 Å². The molecule has 1 aromatic heterocycles. The second kappa shape index (κ2) is 6.59. The molecule has 0 spiro atoms. The Balaban J connectivity index is 1.78. The Bertz CT molecular complexity index is 693. The summed E-state index contributed by atoms with van der Waals surface area (Å²) in [5, 5.41) is 12.1. The fourth-order valence-electron chi connectivity index (χ4n) is 2.89. The summed E-state index contributed by atoms with van der Waals surface area (Å²) in [4.78, 5) is 14.2. The lowest BCUT2D eigenvalue weighted by atomic mass is 10.2. The van der Waals surface area contributed by atoms with E-state index in [1.54, 1.807) is 9.58 Å². The van der Waals surface area contributed by atoms with Gasteiger partial charge in [0.25, 0.3) is 0 Å². The third-order valence-electron chi connectivity index (χ3n) is 3.91. The highest BCUT2D eigenvalue weighted by atomic mass is 16.6. The number of carbonyl (C=O) groups is 1. The van der Waals surface area contributed by atoms with Crippen LogP contribution in [0.4, 0.5) is 4.79 Å². The van der Waals surface area contributed by atoms with Crippen LogP contribution in [0.25, 0.3) is 0 Å². The Labute approximate surface area is 141 Å². The van der Waals surface area contributed by atoms with Crippen molar-refractivity contribution in [3.63, 3.8) is 0 Å². The van der Waals surface area contributed by atoms with Crippen molar-refractivity contribution in [3.8, 4) is 0 Å². The van der Waals surface area contributed by atoms with Crippen molar-refractivity contribution >= 4 is 6.09 Å². The van der Waals surface area contributed by atoms with Gasteiger partial charge in [-0.3, -0.25) is 4.90 Å². The molecule has 3 rings (SSSR count). The monoisotopic (exact) mass is 329 g/mol. The second-order valence-electron chi connectivity index (χ2n) is 7.01. The molecule has 0 bridgehead atoms. The van der Waals surface area contributed by atoms with E-state index in [9.17, 15) is 4.79 Å². The fraction of sp³-hybridized carbons (Fsp3) is 0.529. The maximum Gasteiger partial charge on any atom is 0.410 e. The number of rotatable bonds is 3. The molecule has 128 valence electrons. The Morgan fingerprint density at radius 1 is 1.29 bits per heavy atom. The Morgan fingerprint density at radius 3 is 2.75 bits per heavy atom. The summed E-state index contributed by atoms with van der Waals surface area (Å²) in [5.41, 5.74) is 0.605. The molecule has 0 N–H and O–H groups in total. The van der Waals surface area contributed by atoms with E-state index >= 15 is 0 Å². The van der Waals surface area contributed by atoms with Gasteiger partial charge in [0.05, 0.1) is 12.6 Å². The molecular weight excluding hydrogens is 306 g/mol. The average molecular weight is 329 g/mol. The molecule has 2 heterocycles. The third-order valence-corrected chi connectivity index (χ3v) is 3.91. The predicted octanol–water partition coefficient (Wildman–Crippen LogP) is 2.79. The largest absolute Gasteiger partial charge is 0.444 e. The average Bonchev–Trinajstić information content (AvgIpc) is 3.14. The van der Waals surface area contributed by atoms with Gasteiger partial charge in [-0.15, -0.1) is 5.10 Å². The lowest BCUT2D eigenvalue weighted by Crippen LogP contribution is -2.37. The van der Waals surface area contributed by atoms with Gasteiger partial charge in [0.15, 0.2) is 5.82 Å². The van der Waals surface area contributed by atoms with Gasteiger partial charge in [0, 0.05) is 6.54 Å². The van der Waals surface area contributed by atoms with Gasteiger partial charge in [0.1, 0.15) is 5.60 Å². The summed E-state index contributed by atoms with van der Waals surface area (Å²) in [7, 11) is 0. The molecular formula is C17H23N5O2. The lowest BCUT2D eigenvalue weighted by Gasteiger charge is -2.28. The second-order valence-corrected chi connectivity index (χ2v) is 7.01. The zero-order valence-corrected chi connectivity index (χ0v) is 14.3. The molecule has 2 aromatic rings. The molecule has 0 radical (unpaired) electrons. The lowest BCUT2D eigenvalue weighted by molar-refractivity contribution is 0.0215. The minimum Gasteiger partial charge on any atom is -0.444 e. The molecule has 1 aromatic carbocycles. The van der Waals surface area contributed by atoms with Crippen molar-refractivity contribution in [2.45, 2.75) is 51.8 Å². The number of likely N-dealkylation sites (tertiary alicyclic amines) is 1. The van der Waals surface area contributed by atoms with Crippen LogP contribution in [0.5, 0.6) is 0 Å². The number of nitrogens with zero attached hydrogens (tertiary/aromatic N) is 5. The molecule has 0 aliphatic carbocycles. The Hall–Kier alpha value is -2.44. The van der Waals surface area contributed by atoms with Crippen molar-refractivity contribution in [3.05, 3.63) is 41.7 Å². The van der Waals surface area contributed by atoms with Gasteiger partial charge in [-0.1, -0.05) is 30.3 Å². The first-order valence-corrected chi connectivity index (χ1v) is 8.24. The topological polar surface area (TPSA) is 73.1 Å². The van der Waals surface area contributed by atoms with E-state index in [0.717, 1.165) is 18.4 Å². The first kappa shape index (κ1) is 16.4. The number of ether oxygens (including phenoxy) is 1. The number of hydrogen-bond donors (Lipinski definition) is 0. The summed E-state index contributed by atoms with van der Waals surface area (Å²) in [5.74, 6) is 0.710. The van der Waals surface area contributed by atoms with E-state index in [0.29, 0.717) is 18.9 Å². The van der Waals surface area contributed by atoms with Crippen LogP contribution in [-0.4, -0.2) is 43.3 Å². The van der Waals surface area contributed by atoms with Crippen LogP contribution in [0.1, 0.15) is 51.0 Å². The molecule has 1 aliphatic rings. The first-order chi connectivity index (χ1) is 11.4. The van der Waals surface area contributed by atoms with E-state index in [1.807, 2.05) is 51.1 Å². The highest BCUT2D eigenvalue weighted by molar-refractivity contribution is 5.69. The molecule has 1 amide bonds. The Morgan fingerprint density at radius 2 is 2.04 bits per heavy atom. The SMILES string of the molecule is CC(C)(C)OC(=O)N1CCCC1c1nnnn1Cc1ccccc1. The van der Waals surface area contributed by atoms with Crippen molar-refractivity contribution < 1.29 is 9.53 Å². The molecule has 7 heteroatoms. The molecule has 1 fully saturated rings. The van der Waals surface area contributed by atoms with E-state index in [1.165, 1.54) is 0 Å². The molecule has 1 aliphatic heterocycles. The minimum atomic E-state index is -0.514. The number of carbonyl (C=O) groups excluding carboxylic acids is 1. The van der Waals surface area contributed by atoms with Crippen LogP contribution in [0.15, 0.2) is 30.3 Å². The van der Waals surface area contributed by atoms with Gasteiger partial charge in [-0.25, -0.2) is 9.48 Å². The maximum absolute atomic E-state index is 12.5. The highest BCUT2D eigenvalue weighted by Gasteiger charge is 2.36. The van der Waals surface area contributed by atoms with Crippen LogP contribution in [0.3, 0.4) is 0 Å². The predicted molar refractivity (Wildman–Crippen MR) is 88.3 cm³/mol. The van der Waals surface area contributed by atoms with Crippen LogP contribution in [-0.2, 0) is 11.3 Å². The van der Waals surface area contributed by atoms with Gasteiger partial charge in [0.2, 0.25) is 0 Å². The maximum atomic E-state index is 12.5. The number of hydrogen-bond acceptors (Lipinski definition) is 5. The summed E-state index contributed by atoms with van der Waals surface area (Å²) in [6, 6.07) is 9.88. The van der Waals surface area contributed by atoms with Gasteiger partial charge < -0.3 is 4.74 Å². The molecule has 1 unspecified atom stereocenters. The minimum absolute atomic E-state index is 0.140. The standard InChI is InChI=1S/C17H23N5O2/c1-17(2,3)24-16(23)21-11-7-10-14(21)15-18-19-20-22(15)12-13-8-5-4-6-9-13/h4-6,8-9,14H,7,10-12H2,1-3H3. The van der Waals surface area contributed by atoms with Gasteiger partial charge in [-0.2, -0.15) is 0 Å². The van der Waals surface area contributed by atoms with Crippen molar-refractivity contribution in [2.24, 2.45) is 0 Å². The van der Waals surface area contributed by atoms with Gasteiger partial charge in [-0.05, 0) is 49.6 Å². The van der Waals surface area contributed by atoms with Crippen LogP contribution in [0.2, 0.25) is 0 Å². The van der Waals surface area contributed by atoms with Crippen molar-refractivity contribution in [1.29, 1.82) is 0 Å². The van der Waals surface area contributed by atoms with Crippen molar-refractivity contribution in [2.75, 3.05) is 6.54 Å². The van der Waals surface area contributed by atoms with Gasteiger partial charge >= 0.3 is 6.09 Å². The van der Waals surface area contributed by atoms with Crippen LogP contribution >= 0.6 is 0 Å². The molecule has 24 heavy (non-hydrogen) atoms. The first-order valence-electron chi connectivity index (χ1n) is 8.24. The summed E-state index contributed by atoms with van der Waals surface area (Å²) in [6.45, 7) is 6.86. The fourth-order valence-corrected chi connectivity index (χ4v) is 2.89. The highest BCUT2D eigenvalue weighted by Crippen LogP contribution is 2.31. The van der Waals surface area contributed by atoms with E-state index in [4.69, 9.17) is 4.74 Å². The zero-order valence-electron chi connectivity index (χ0n) is 14.3. The summed E-state index contributed by atoms with van der Waals surface area (Å²) >= 11 is 0. The number of tetrazole rings is 1. The zero-order chi connectivity index (χ0) is 17.2. The van der Waals surface area contributed by atoms with E-state index in [2.05, 4.69) is 15.5 Å². The van der Waals surface area contributed by atoms with E-state index in [-0.39, 0.29) is 12.1 Å². The molecule has 7 nitrogen and oxygen atoms in total. The Kier molecular flexibility index (Phi) is 4.51. The quantitative estimate of drug-likeness (QED) is 0.866. The number of amides is 1. The van der Waals surface area contributed by atoms with Crippen molar-refractivity contribution in [1.82, 2.24) is 25.1 Å². The number of aromatic nitrogens is 4. The summed E-state index contributed by atoms with van der Waals surface area (Å²) < 4.78 is 7.28. The van der Waals surface area contributed by atoms with Crippen LogP contribution < -0.4 is 0 Å². The molecule has 1 saturated heterocycles. The van der Waals surface area contributed by atoms with E-state index < -0.39 is 5.60 Å². The molecule has 0 saturated carbocycles. The number of benzene rings is 1.